The molecule has 248 valence electrons. The molecule has 2 N–H and O–H groups in total. The third-order valence-electron chi connectivity index (χ3n) is 10.9. The molecule has 3 atom stereocenters. The lowest BCUT2D eigenvalue weighted by atomic mass is 9.95. The van der Waals surface area contributed by atoms with Gasteiger partial charge in [0.15, 0.2) is 5.82 Å². The second-order valence-electron chi connectivity index (χ2n) is 14.1. The highest BCUT2D eigenvalue weighted by atomic mass is 19.1. The Morgan fingerprint density at radius 1 is 1.08 bits per heavy atom. The first kappa shape index (κ1) is 29.8. The zero-order valence-electron chi connectivity index (χ0n) is 26.3. The van der Waals surface area contributed by atoms with Crippen LogP contribution in [-0.4, -0.2) is 88.6 Å². The van der Waals surface area contributed by atoms with E-state index in [0.29, 0.717) is 42.6 Å². The Morgan fingerprint density at radius 2 is 1.92 bits per heavy atom. The molecule has 12 heteroatoms. The number of ether oxygens (including phenoxy) is 2. The van der Waals surface area contributed by atoms with Crippen molar-refractivity contribution in [3.05, 3.63) is 41.5 Å². The van der Waals surface area contributed by atoms with Crippen LogP contribution < -0.4 is 19.7 Å². The zero-order chi connectivity index (χ0) is 32.7. The number of nitrogens with zero attached hydrogens (tertiary/aromatic N) is 5. The van der Waals surface area contributed by atoms with E-state index in [1.807, 2.05) is 0 Å². The van der Waals surface area contributed by atoms with Crippen LogP contribution in [0, 0.1) is 29.4 Å². The highest BCUT2D eigenvalue weighted by molar-refractivity contribution is 6.04. The molecule has 48 heavy (non-hydrogen) atoms. The van der Waals surface area contributed by atoms with E-state index in [-0.39, 0.29) is 75.5 Å². The normalized spacial score (nSPS) is 24.6. The van der Waals surface area contributed by atoms with Crippen molar-refractivity contribution in [1.82, 2.24) is 25.2 Å². The molecule has 0 amide bonds. The van der Waals surface area contributed by atoms with Crippen LogP contribution in [0.15, 0.2) is 24.3 Å². The molecule has 1 aliphatic carbocycles. The number of terminal acetylenes is 1. The highest BCUT2D eigenvalue weighted by Crippen LogP contribution is 2.48. The largest absolute Gasteiger partial charge is 0.508 e. The number of alkyl halides is 1. The number of nitrogens with one attached hydrogen (secondary N) is 1. The second kappa shape index (κ2) is 11.1. The Balaban J connectivity index is 1.17. The quantitative estimate of drug-likeness (QED) is 0.275. The van der Waals surface area contributed by atoms with E-state index < -0.39 is 17.8 Å². The molecule has 2 bridgehead atoms. The Labute approximate surface area is 275 Å². The van der Waals surface area contributed by atoms with Gasteiger partial charge in [-0.05, 0) is 62.1 Å². The minimum atomic E-state index is -0.781. The van der Waals surface area contributed by atoms with E-state index in [1.54, 1.807) is 0 Å². The molecule has 5 aliphatic rings. The van der Waals surface area contributed by atoms with Crippen LogP contribution in [0.4, 0.5) is 19.0 Å². The van der Waals surface area contributed by atoms with E-state index in [1.165, 1.54) is 24.3 Å². The molecule has 4 aromatic rings. The highest BCUT2D eigenvalue weighted by Gasteiger charge is 2.47. The van der Waals surface area contributed by atoms with Gasteiger partial charge in [-0.15, -0.1) is 6.42 Å². The van der Waals surface area contributed by atoms with Crippen LogP contribution in [0.2, 0.25) is 0 Å². The van der Waals surface area contributed by atoms with Crippen LogP contribution in [0.3, 0.4) is 0 Å². The molecule has 9 rings (SSSR count). The summed E-state index contributed by atoms with van der Waals surface area (Å²) in [6, 6.07) is 5.89. The van der Waals surface area contributed by atoms with Gasteiger partial charge in [-0.25, -0.2) is 18.2 Å². The number of phenols is 1. The van der Waals surface area contributed by atoms with E-state index in [9.17, 15) is 13.9 Å². The van der Waals surface area contributed by atoms with Crippen molar-refractivity contribution in [3.8, 4) is 41.2 Å². The van der Waals surface area contributed by atoms with Gasteiger partial charge in [-0.1, -0.05) is 12.0 Å². The van der Waals surface area contributed by atoms with Gasteiger partial charge in [-0.2, -0.15) is 9.97 Å². The first-order valence-corrected chi connectivity index (χ1v) is 16.8. The van der Waals surface area contributed by atoms with Crippen molar-refractivity contribution < 1.29 is 27.8 Å². The predicted octanol–water partition coefficient (Wildman–Crippen LogP) is 5.10. The first-order valence-electron chi connectivity index (χ1n) is 16.8. The molecule has 0 spiro atoms. The molecule has 4 aliphatic heterocycles. The lowest BCUT2D eigenvalue weighted by Gasteiger charge is -2.40. The number of aromatic hydroxyl groups is 1. The van der Waals surface area contributed by atoms with Gasteiger partial charge in [-0.3, -0.25) is 0 Å². The summed E-state index contributed by atoms with van der Waals surface area (Å²) in [7, 11) is 0. The fourth-order valence-corrected chi connectivity index (χ4v) is 8.19. The number of piperazine rings is 1. The van der Waals surface area contributed by atoms with Crippen molar-refractivity contribution in [3.63, 3.8) is 0 Å². The molecule has 0 unspecified atom stereocenters. The molecule has 0 radical (unpaired) electrons. The number of fused-ring (bicyclic) bond motifs is 6. The van der Waals surface area contributed by atoms with Gasteiger partial charge in [0.05, 0.1) is 18.2 Å². The standard InChI is InChI=1S/C36H35F3N6O3/c1-2-23-25(38)5-3-19-13-22(46)14-24(28(19)23)31-30(39)32-29-33(45-15-21-4-6-26(40-21)27(45)16-47-34(29)41-31)43-35(42-32)48-18-36(9-10-36)17-44-11-7-20(37)8-12-44/h1,3,5,13-14,20-21,26-27,40,46H,4,6-12,15-18H2/t21-,26+,27-/m1/s1. The fraction of sp³-hybridized carbons (Fsp3) is 0.472. The molecule has 3 saturated heterocycles. The van der Waals surface area contributed by atoms with E-state index >= 15 is 4.39 Å². The lowest BCUT2D eigenvalue weighted by molar-refractivity contribution is 0.107. The van der Waals surface area contributed by atoms with E-state index in [2.05, 4.69) is 31.0 Å². The van der Waals surface area contributed by atoms with Crippen molar-refractivity contribution in [2.45, 2.75) is 62.8 Å². The maximum atomic E-state index is 17.0. The van der Waals surface area contributed by atoms with E-state index in [4.69, 9.17) is 20.9 Å². The molecule has 2 aromatic carbocycles. The lowest BCUT2D eigenvalue weighted by Crippen LogP contribution is -2.60. The van der Waals surface area contributed by atoms with Crippen molar-refractivity contribution in [1.29, 1.82) is 0 Å². The second-order valence-corrected chi connectivity index (χ2v) is 14.1. The Morgan fingerprint density at radius 3 is 2.71 bits per heavy atom. The number of anilines is 1. The number of piperidine rings is 1. The minimum Gasteiger partial charge on any atom is -0.508 e. The molecule has 1 saturated carbocycles. The number of halogens is 3. The summed E-state index contributed by atoms with van der Waals surface area (Å²) in [5, 5.41) is 15.4. The molecule has 9 nitrogen and oxygen atoms in total. The number of likely N-dealkylation sites (tertiary alicyclic amines) is 1. The summed E-state index contributed by atoms with van der Waals surface area (Å²) in [4.78, 5) is 18.7. The Hall–Kier alpha value is -4.34. The topological polar surface area (TPSA) is 95.9 Å². The van der Waals surface area contributed by atoms with Crippen LogP contribution in [0.5, 0.6) is 17.6 Å². The smallest absolute Gasteiger partial charge is 0.319 e. The number of hydrogen-bond acceptors (Lipinski definition) is 9. The van der Waals surface area contributed by atoms with Gasteiger partial charge in [0.2, 0.25) is 5.88 Å². The minimum absolute atomic E-state index is 0.0356. The number of benzene rings is 2. The van der Waals surface area contributed by atoms with Gasteiger partial charge in [0.25, 0.3) is 0 Å². The molecule has 2 aromatic heterocycles. The fourth-order valence-electron chi connectivity index (χ4n) is 8.19. The summed E-state index contributed by atoms with van der Waals surface area (Å²) >= 11 is 0. The van der Waals surface area contributed by atoms with Gasteiger partial charge < -0.3 is 29.7 Å². The summed E-state index contributed by atoms with van der Waals surface area (Å²) in [5.74, 6) is 1.47. The SMILES string of the molecule is C#Cc1c(F)ccc2cc(O)cc(-c3nc4c5c(nc(OCC6(CN7CCC(F)CC7)CC6)nc5c3F)N3C[C@H]5CC[C@H](N5)[C@H]3CO4)c12. The third kappa shape index (κ3) is 4.89. The molecular weight excluding hydrogens is 621 g/mol. The molecule has 6 heterocycles. The Bertz CT molecular complexity index is 2010. The number of phenolic OH excluding ortho intramolecular Hbond substituents is 1. The van der Waals surface area contributed by atoms with Crippen LogP contribution in [0.1, 0.15) is 44.1 Å². The maximum absolute atomic E-state index is 17.0. The van der Waals surface area contributed by atoms with Gasteiger partial charge in [0.1, 0.15) is 46.8 Å². The Kier molecular flexibility index (Phi) is 6.89. The summed E-state index contributed by atoms with van der Waals surface area (Å²) in [6.07, 6.45) is 10.0. The van der Waals surface area contributed by atoms with Crippen molar-refractivity contribution in [2.24, 2.45) is 5.41 Å². The molecular formula is C36H35F3N6O3. The first-order chi connectivity index (χ1) is 23.3. The van der Waals surface area contributed by atoms with Crippen molar-refractivity contribution in [2.75, 3.05) is 44.3 Å². The van der Waals surface area contributed by atoms with Gasteiger partial charge >= 0.3 is 6.01 Å². The number of rotatable bonds is 6. The average molecular weight is 657 g/mol. The number of pyridine rings is 1. The maximum Gasteiger partial charge on any atom is 0.319 e. The summed E-state index contributed by atoms with van der Waals surface area (Å²) < 4.78 is 58.5. The van der Waals surface area contributed by atoms with Crippen LogP contribution >= 0.6 is 0 Å². The van der Waals surface area contributed by atoms with E-state index in [0.717, 1.165) is 45.3 Å². The van der Waals surface area contributed by atoms with Crippen molar-refractivity contribution >= 4 is 27.5 Å². The monoisotopic (exact) mass is 656 g/mol. The number of aromatic nitrogens is 3. The predicted molar refractivity (Wildman–Crippen MR) is 174 cm³/mol. The van der Waals surface area contributed by atoms with Crippen LogP contribution in [-0.2, 0) is 0 Å². The summed E-state index contributed by atoms with van der Waals surface area (Å²) in [5.41, 5.74) is -0.237. The zero-order valence-corrected chi connectivity index (χ0v) is 26.3. The average Bonchev–Trinajstić information content (AvgIpc) is 3.78. The summed E-state index contributed by atoms with van der Waals surface area (Å²) in [6.45, 7) is 3.57. The molecule has 4 fully saturated rings. The van der Waals surface area contributed by atoms with Crippen LogP contribution in [0.25, 0.3) is 32.9 Å². The van der Waals surface area contributed by atoms with Gasteiger partial charge in [0, 0.05) is 54.6 Å². The third-order valence-corrected chi connectivity index (χ3v) is 10.9. The number of hydrogen-bond donors (Lipinski definition) is 2.